The van der Waals surface area contributed by atoms with Crippen molar-refractivity contribution in [3.63, 3.8) is 0 Å². The maximum Gasteiger partial charge on any atom is 0.218 e. The number of hydrogen-bond acceptors (Lipinski definition) is 4. The smallest absolute Gasteiger partial charge is 0.218 e. The van der Waals surface area contributed by atoms with E-state index in [0.29, 0.717) is 13.2 Å². The van der Waals surface area contributed by atoms with Crippen LogP contribution >= 0.6 is 0 Å². The molecule has 0 aromatic heterocycles. The Hall–Kier alpha value is -1.59. The van der Waals surface area contributed by atoms with Crippen molar-refractivity contribution >= 4 is 11.6 Å². The predicted molar refractivity (Wildman–Crippen MR) is 67.4 cm³/mol. The van der Waals surface area contributed by atoms with E-state index in [0.717, 1.165) is 0 Å². The number of carbonyl (C=O) groups is 2. The summed E-state index contributed by atoms with van der Waals surface area (Å²) in [5.41, 5.74) is -0.0948. The molecule has 5 heteroatoms. The van der Waals surface area contributed by atoms with Crippen LogP contribution < -0.4 is 0 Å². The largest absolute Gasteiger partial charge is 0.346 e. The molecule has 0 aliphatic rings. The van der Waals surface area contributed by atoms with Crippen molar-refractivity contribution in [2.45, 2.75) is 26.6 Å². The zero-order valence-electron chi connectivity index (χ0n) is 11.0. The van der Waals surface area contributed by atoms with Gasteiger partial charge < -0.3 is 9.47 Å². The lowest BCUT2D eigenvalue weighted by molar-refractivity contribution is -0.166. The van der Waals surface area contributed by atoms with Gasteiger partial charge in [0.05, 0.1) is 12.0 Å². The van der Waals surface area contributed by atoms with Crippen LogP contribution in [0.2, 0.25) is 0 Å². The highest BCUT2D eigenvalue weighted by Gasteiger charge is 2.23. The van der Waals surface area contributed by atoms with Crippen molar-refractivity contribution in [2.24, 2.45) is 0 Å². The molecular weight excluding hydrogens is 251 g/mol. The second-order valence-corrected chi connectivity index (χ2v) is 3.79. The second-order valence-electron chi connectivity index (χ2n) is 3.79. The number of halogens is 1. The number of ether oxygens (including phenoxy) is 2. The summed E-state index contributed by atoms with van der Waals surface area (Å²) in [6, 6.07) is 5.56. The summed E-state index contributed by atoms with van der Waals surface area (Å²) in [7, 11) is 0. The molecule has 0 bridgehead atoms. The SMILES string of the molecule is CCOC(OCC)C(=O)CC(=O)c1ccccc1F. The van der Waals surface area contributed by atoms with Crippen molar-refractivity contribution in [1.82, 2.24) is 0 Å². The minimum atomic E-state index is -1.06. The van der Waals surface area contributed by atoms with Crippen LogP contribution in [0, 0.1) is 5.82 Å². The third kappa shape index (κ3) is 4.54. The minimum Gasteiger partial charge on any atom is -0.346 e. The van der Waals surface area contributed by atoms with E-state index in [9.17, 15) is 14.0 Å². The van der Waals surface area contributed by atoms with Crippen molar-refractivity contribution in [2.75, 3.05) is 13.2 Å². The molecule has 0 saturated carbocycles. The molecule has 19 heavy (non-hydrogen) atoms. The maximum atomic E-state index is 13.4. The summed E-state index contributed by atoms with van der Waals surface area (Å²) in [6.45, 7) is 4.03. The Morgan fingerprint density at radius 3 is 2.26 bits per heavy atom. The van der Waals surface area contributed by atoms with Crippen LogP contribution in [0.3, 0.4) is 0 Å². The first-order chi connectivity index (χ1) is 9.10. The molecule has 0 radical (unpaired) electrons. The second kappa shape index (κ2) is 7.76. The van der Waals surface area contributed by atoms with Gasteiger partial charge in [-0.05, 0) is 26.0 Å². The van der Waals surface area contributed by atoms with Crippen LogP contribution in [-0.4, -0.2) is 31.1 Å². The molecule has 4 nitrogen and oxygen atoms in total. The molecule has 0 aliphatic heterocycles. The molecule has 1 aromatic rings. The van der Waals surface area contributed by atoms with Gasteiger partial charge in [0.25, 0.3) is 0 Å². The fraction of sp³-hybridized carbons (Fsp3) is 0.429. The number of hydrogen-bond donors (Lipinski definition) is 0. The third-order valence-electron chi connectivity index (χ3n) is 2.41. The molecule has 0 N–H and O–H groups in total. The van der Waals surface area contributed by atoms with Crippen molar-refractivity contribution in [3.05, 3.63) is 35.6 Å². The lowest BCUT2D eigenvalue weighted by Crippen LogP contribution is -2.29. The topological polar surface area (TPSA) is 52.6 Å². The van der Waals surface area contributed by atoms with E-state index >= 15 is 0 Å². The Morgan fingerprint density at radius 2 is 1.74 bits per heavy atom. The Labute approximate surface area is 111 Å². The van der Waals surface area contributed by atoms with Crippen molar-refractivity contribution in [1.29, 1.82) is 0 Å². The maximum absolute atomic E-state index is 13.4. The van der Waals surface area contributed by atoms with E-state index in [2.05, 4.69) is 0 Å². The zero-order valence-corrected chi connectivity index (χ0v) is 11.0. The molecule has 0 heterocycles. The Kier molecular flexibility index (Phi) is 6.32. The number of carbonyl (C=O) groups excluding carboxylic acids is 2. The van der Waals surface area contributed by atoms with Crippen LogP contribution in [0.4, 0.5) is 4.39 Å². The number of benzene rings is 1. The van der Waals surface area contributed by atoms with Crippen LogP contribution in [0.5, 0.6) is 0 Å². The van der Waals surface area contributed by atoms with Gasteiger partial charge in [-0.2, -0.15) is 0 Å². The first-order valence-electron chi connectivity index (χ1n) is 6.13. The van der Waals surface area contributed by atoms with Crippen molar-refractivity contribution in [3.8, 4) is 0 Å². The first-order valence-corrected chi connectivity index (χ1v) is 6.13. The summed E-state index contributed by atoms with van der Waals surface area (Å²) in [4.78, 5) is 23.6. The average Bonchev–Trinajstić information content (AvgIpc) is 2.38. The van der Waals surface area contributed by atoms with E-state index in [4.69, 9.17) is 9.47 Å². The molecule has 0 saturated heterocycles. The molecule has 1 rings (SSSR count). The number of Topliss-reactive ketones (excluding diaryl/α,β-unsaturated/α-hetero) is 2. The lowest BCUT2D eigenvalue weighted by atomic mass is 10.1. The fourth-order valence-electron chi connectivity index (χ4n) is 1.56. The first kappa shape index (κ1) is 15.5. The highest BCUT2D eigenvalue weighted by Crippen LogP contribution is 2.11. The van der Waals surface area contributed by atoms with Gasteiger partial charge in [0.1, 0.15) is 5.82 Å². The summed E-state index contributed by atoms with van der Waals surface area (Å²) < 4.78 is 23.6. The monoisotopic (exact) mass is 268 g/mol. The third-order valence-corrected chi connectivity index (χ3v) is 2.41. The number of ketones is 2. The normalized spacial score (nSPS) is 10.7. The highest BCUT2D eigenvalue weighted by molar-refractivity contribution is 6.08. The predicted octanol–water partition coefficient (Wildman–Crippen LogP) is 2.37. The number of rotatable bonds is 8. The van der Waals surface area contributed by atoms with Crippen LogP contribution in [-0.2, 0) is 14.3 Å². The van der Waals surface area contributed by atoms with Gasteiger partial charge in [-0.3, -0.25) is 9.59 Å². The Bertz CT molecular complexity index is 439. The van der Waals surface area contributed by atoms with Gasteiger partial charge >= 0.3 is 0 Å². The fourth-order valence-corrected chi connectivity index (χ4v) is 1.56. The average molecular weight is 268 g/mol. The van der Waals surface area contributed by atoms with Gasteiger partial charge in [0.2, 0.25) is 6.29 Å². The van der Waals surface area contributed by atoms with E-state index in [1.54, 1.807) is 19.9 Å². The van der Waals surface area contributed by atoms with Crippen LogP contribution in [0.1, 0.15) is 30.6 Å². The van der Waals surface area contributed by atoms with Gasteiger partial charge in [0, 0.05) is 13.2 Å². The molecule has 0 aliphatic carbocycles. The summed E-state index contributed by atoms with van der Waals surface area (Å²) in [5, 5.41) is 0. The lowest BCUT2D eigenvalue weighted by Gasteiger charge is -2.15. The quantitative estimate of drug-likeness (QED) is 0.412. The minimum absolute atomic E-state index is 0.0948. The summed E-state index contributed by atoms with van der Waals surface area (Å²) >= 11 is 0. The van der Waals surface area contributed by atoms with Gasteiger partial charge in [-0.1, -0.05) is 12.1 Å². The van der Waals surface area contributed by atoms with Gasteiger partial charge in [-0.15, -0.1) is 0 Å². The molecule has 104 valence electrons. The van der Waals surface area contributed by atoms with E-state index in [-0.39, 0.29) is 5.56 Å². The Balaban J connectivity index is 2.70. The molecule has 0 unspecified atom stereocenters. The molecule has 0 fully saturated rings. The summed E-state index contributed by atoms with van der Waals surface area (Å²) in [5.74, 6) is -1.71. The van der Waals surface area contributed by atoms with E-state index in [1.807, 2.05) is 0 Å². The van der Waals surface area contributed by atoms with Crippen LogP contribution in [0.15, 0.2) is 24.3 Å². The summed E-state index contributed by atoms with van der Waals surface area (Å²) in [6.07, 6.45) is -1.50. The van der Waals surface area contributed by atoms with Crippen LogP contribution in [0.25, 0.3) is 0 Å². The molecule has 1 aromatic carbocycles. The van der Waals surface area contributed by atoms with E-state index < -0.39 is 30.1 Å². The Morgan fingerprint density at radius 1 is 1.16 bits per heavy atom. The van der Waals surface area contributed by atoms with Gasteiger partial charge in [0.15, 0.2) is 11.6 Å². The standard InChI is InChI=1S/C14H17FO4/c1-3-18-14(19-4-2)13(17)9-12(16)10-7-5-6-8-11(10)15/h5-8,14H,3-4,9H2,1-2H3. The highest BCUT2D eigenvalue weighted by atomic mass is 19.1. The van der Waals surface area contributed by atoms with E-state index in [1.165, 1.54) is 18.2 Å². The van der Waals surface area contributed by atoms with Gasteiger partial charge in [-0.25, -0.2) is 4.39 Å². The molecular formula is C14H17FO4. The molecule has 0 amide bonds. The molecule has 0 spiro atoms. The zero-order chi connectivity index (χ0) is 14.3. The van der Waals surface area contributed by atoms with Crippen molar-refractivity contribution < 1.29 is 23.5 Å². The molecule has 0 atom stereocenters.